The Morgan fingerprint density at radius 3 is 2.33 bits per heavy atom. The molecule has 10 rings (SSSR count). The molecule has 5 atom stereocenters. The number of unbranched alkanes of at least 4 members (excludes halogenated alkanes) is 1. The minimum atomic E-state index is -5.94. The highest BCUT2D eigenvalue weighted by Crippen LogP contribution is 2.59. The quantitative estimate of drug-likeness (QED) is 0.0269. The number of primary amides is 1. The fraction of sp³-hybridized carbons (Fsp3) is 0.333. The average molecular weight is 1210 g/mol. The Balaban J connectivity index is 0.853. The summed E-state index contributed by atoms with van der Waals surface area (Å²) in [4.78, 5) is 146. The number of nitrogens with one attached hydrogen (secondary N) is 4. The molecule has 9 amide bonds. The largest absolute Gasteiger partial charge is 0.399 e. The van der Waals surface area contributed by atoms with Crippen molar-refractivity contribution in [2.45, 2.75) is 113 Å². The van der Waals surface area contributed by atoms with Crippen LogP contribution in [-0.4, -0.2) is 131 Å². The minimum Gasteiger partial charge on any atom is -0.370 e. The van der Waals surface area contributed by atoms with E-state index in [2.05, 4.69) is 38.2 Å². The molecular weight excluding hydrogens is 1150 g/mol. The molecule has 6 heterocycles. The number of carbonyl (C=O) groups is 9. The number of aryl methyl sites for hydroxylation is 1. The van der Waals surface area contributed by atoms with Gasteiger partial charge >= 0.3 is 13.3 Å². The van der Waals surface area contributed by atoms with Gasteiger partial charge in [-0.3, -0.25) is 57.7 Å². The molecule has 0 aliphatic carbocycles. The molecule has 3 fully saturated rings. The van der Waals surface area contributed by atoms with E-state index in [1.807, 2.05) is 60.7 Å². The van der Waals surface area contributed by atoms with Crippen LogP contribution in [0.25, 0.3) is 10.1 Å². The number of amides is 9. The maximum Gasteiger partial charge on any atom is 0.399 e. The molecule has 0 radical (unpaired) electrons. The number of carbonyl (C=O) groups excluding carboxylic acids is 9. The molecule has 0 bridgehead atoms. The summed E-state index contributed by atoms with van der Waals surface area (Å²) in [6.07, 6.45) is 4.30. The van der Waals surface area contributed by atoms with Gasteiger partial charge in [0, 0.05) is 72.5 Å². The fourth-order valence-electron chi connectivity index (χ4n) is 11.3. The monoisotopic (exact) mass is 1210 g/mol. The number of imide groups is 1. The van der Waals surface area contributed by atoms with Gasteiger partial charge in [-0.05, 0) is 90.9 Å². The highest BCUT2D eigenvalue weighted by atomic mass is 32.1. The van der Waals surface area contributed by atoms with Crippen molar-refractivity contribution < 1.29 is 66.3 Å². The number of alkyl halides is 2. The van der Waals surface area contributed by atoms with Crippen LogP contribution in [0.3, 0.4) is 0 Å². The lowest BCUT2D eigenvalue weighted by atomic mass is 9.98. The van der Waals surface area contributed by atoms with Crippen LogP contribution < -0.4 is 27.0 Å². The first-order chi connectivity index (χ1) is 41.1. The van der Waals surface area contributed by atoms with E-state index in [0.717, 1.165) is 34.6 Å². The first kappa shape index (κ1) is 60.2. The van der Waals surface area contributed by atoms with Crippen LogP contribution in [0, 0.1) is 11.8 Å². The molecule has 4 aromatic carbocycles. The summed E-state index contributed by atoms with van der Waals surface area (Å²) < 4.78 is 43.2. The number of thiophene rings is 1. The molecule has 0 spiro atoms. The van der Waals surface area contributed by atoms with E-state index in [1.165, 1.54) is 33.0 Å². The van der Waals surface area contributed by atoms with Crippen molar-refractivity contribution in [2.24, 2.45) is 5.73 Å². The van der Waals surface area contributed by atoms with Gasteiger partial charge in [0.15, 0.2) is 0 Å². The first-order valence-corrected chi connectivity index (χ1v) is 30.2. The molecule has 3 saturated heterocycles. The van der Waals surface area contributed by atoms with Gasteiger partial charge in [-0.15, -0.1) is 11.3 Å². The van der Waals surface area contributed by atoms with Crippen molar-refractivity contribution in [1.82, 2.24) is 45.7 Å². The van der Waals surface area contributed by atoms with Crippen LogP contribution in [0.15, 0.2) is 116 Å². The van der Waals surface area contributed by atoms with E-state index in [1.54, 1.807) is 29.1 Å². The summed E-state index contributed by atoms with van der Waals surface area (Å²) in [5, 5.41) is 15.3. The molecule has 2 unspecified atom stereocenters. The Kier molecular flexibility index (Phi) is 17.7. The van der Waals surface area contributed by atoms with Crippen LogP contribution in [-0.2, 0) is 52.1 Å². The number of hydrogen-bond acceptors (Lipinski definition) is 12. The SMILES string of the molecule is NC(=O)CCC(NC(=O)[C@@H]1CC[C@@H]2CCN(C(=O)c3cnn(CCCC#Cc4cccc5c4CN(C4CCC(=O)NC4=O)C5=O)c3)C[C@H](NC(=O)c3cc4cc(C(F)(F)P(=O)(O)O)ccc4s3)C(=O)N21)C(=O)NC(c1ccccc1)c1ccccc1. The van der Waals surface area contributed by atoms with Crippen molar-refractivity contribution >= 4 is 82.2 Å². The second-order valence-electron chi connectivity index (χ2n) is 21.5. The molecule has 4 aliphatic rings. The number of aromatic nitrogens is 2. The molecule has 0 saturated carbocycles. The lowest BCUT2D eigenvalue weighted by Crippen LogP contribution is -2.62. The minimum absolute atomic E-state index is 0.0400. The molecular formula is C60H59F2N10O12PS. The Hall–Kier alpha value is -8.95. The number of halogens is 2. The van der Waals surface area contributed by atoms with Crippen molar-refractivity contribution in [2.75, 3.05) is 13.1 Å². The zero-order chi connectivity index (χ0) is 61.0. The number of piperidine rings is 1. The van der Waals surface area contributed by atoms with Crippen LogP contribution in [0.4, 0.5) is 8.78 Å². The summed E-state index contributed by atoms with van der Waals surface area (Å²) in [6, 6.07) is 21.4. The number of fused-ring (bicyclic) bond motifs is 3. The summed E-state index contributed by atoms with van der Waals surface area (Å²) >= 11 is 0.853. The van der Waals surface area contributed by atoms with E-state index in [0.29, 0.717) is 40.8 Å². The number of hydrogen-bond donors (Lipinski definition) is 7. The zero-order valence-electron chi connectivity index (χ0n) is 46.0. The van der Waals surface area contributed by atoms with E-state index >= 15 is 4.79 Å². The van der Waals surface area contributed by atoms with Gasteiger partial charge in [-0.1, -0.05) is 84.6 Å². The number of benzene rings is 4. The number of nitrogens with zero attached hydrogens (tertiary/aromatic N) is 5. The molecule has 446 valence electrons. The summed E-state index contributed by atoms with van der Waals surface area (Å²) in [5.74, 6) is 0.875. The molecule has 2 aromatic heterocycles. The third-order valence-electron chi connectivity index (χ3n) is 15.8. The number of nitrogens with two attached hydrogens (primary N) is 1. The van der Waals surface area contributed by atoms with Crippen LogP contribution in [0.5, 0.6) is 0 Å². The normalized spacial score (nSPS) is 19.2. The maximum absolute atomic E-state index is 15.1. The molecule has 6 aromatic rings. The summed E-state index contributed by atoms with van der Waals surface area (Å²) in [6.45, 7) is 0.144. The zero-order valence-corrected chi connectivity index (χ0v) is 47.7. The molecule has 8 N–H and O–H groups in total. The maximum atomic E-state index is 15.1. The fourth-order valence-corrected chi connectivity index (χ4v) is 12.8. The summed E-state index contributed by atoms with van der Waals surface area (Å²) in [7, 11) is -5.94. The van der Waals surface area contributed by atoms with E-state index < -0.39 is 103 Å². The predicted octanol–water partition coefficient (Wildman–Crippen LogP) is 4.58. The van der Waals surface area contributed by atoms with Crippen LogP contribution in [0.1, 0.15) is 122 Å². The molecule has 86 heavy (non-hydrogen) atoms. The first-order valence-electron chi connectivity index (χ1n) is 27.8. The second-order valence-corrected chi connectivity index (χ2v) is 24.2. The topological polar surface area (TPSA) is 313 Å². The molecule has 4 aliphatic heterocycles. The average Bonchev–Trinajstić information content (AvgIpc) is 1.71. The Morgan fingerprint density at radius 1 is 0.895 bits per heavy atom. The Labute approximate surface area is 495 Å². The van der Waals surface area contributed by atoms with Gasteiger partial charge in [0.2, 0.25) is 35.4 Å². The molecule has 26 heteroatoms. The van der Waals surface area contributed by atoms with Crippen LogP contribution >= 0.6 is 18.9 Å². The van der Waals surface area contributed by atoms with Crippen molar-refractivity contribution in [3.8, 4) is 11.8 Å². The van der Waals surface area contributed by atoms with Crippen molar-refractivity contribution in [1.29, 1.82) is 0 Å². The summed E-state index contributed by atoms with van der Waals surface area (Å²) in [5.41, 5.74) is 3.43. The highest BCUT2D eigenvalue weighted by Gasteiger charge is 2.51. The van der Waals surface area contributed by atoms with Gasteiger partial charge in [0.1, 0.15) is 24.2 Å². The van der Waals surface area contributed by atoms with Gasteiger partial charge in [0.25, 0.3) is 17.7 Å². The standard InChI is InChI=1S/C60H59F2N10O12PS/c61-60(62,85(82,83)84)40-18-23-48-38(29-40)30-49(86-48)56(78)66-45-34-69(57(79)39-31-64-70(32-39)27-9-3-8-11-35-16-10-17-42-43(35)33-71(58(42)80)46-22-25-51(74)67-54(46)76)28-26-41-19-21-47(72(41)59(45)81)55(77)65-44(20-24-50(63)73)53(75)68-52(36-12-4-1-5-13-36)37-14-6-2-7-15-37/h1-2,4-7,10,12-18,23,29-32,41,44-47,52H,3,9,19-22,24-28,33-34H2,(H2,63,73)(H,65,77)(H,66,78)(H,68,75)(H,67,74,76)(H2,82,83,84)/t41-,44?,45+,46?,47+/m1/s1. The van der Waals surface area contributed by atoms with Crippen molar-refractivity contribution in [3.05, 3.63) is 159 Å². The van der Waals surface area contributed by atoms with Crippen LogP contribution in [0.2, 0.25) is 0 Å². The van der Waals surface area contributed by atoms with E-state index in [9.17, 15) is 61.5 Å². The lowest BCUT2D eigenvalue weighted by molar-refractivity contribution is -0.143. The van der Waals surface area contributed by atoms with Crippen molar-refractivity contribution in [3.63, 3.8) is 0 Å². The Morgan fingerprint density at radius 2 is 1.63 bits per heavy atom. The van der Waals surface area contributed by atoms with Gasteiger partial charge in [-0.2, -0.15) is 13.9 Å². The van der Waals surface area contributed by atoms with E-state index in [-0.39, 0.29) is 85.7 Å². The third-order valence-corrected chi connectivity index (χ3v) is 17.9. The van der Waals surface area contributed by atoms with Gasteiger partial charge in [-0.25, -0.2) is 0 Å². The highest BCUT2D eigenvalue weighted by molar-refractivity contribution is 7.52. The Bertz CT molecular complexity index is 3750. The van der Waals surface area contributed by atoms with Gasteiger partial charge < -0.3 is 46.2 Å². The lowest BCUT2D eigenvalue weighted by Gasteiger charge is -2.38. The van der Waals surface area contributed by atoms with Gasteiger partial charge in [0.05, 0.1) is 29.2 Å². The second kappa shape index (κ2) is 25.3. The number of rotatable bonds is 18. The smallest absolute Gasteiger partial charge is 0.370 e. The predicted molar refractivity (Wildman–Crippen MR) is 307 cm³/mol. The third kappa shape index (κ3) is 13.0. The van der Waals surface area contributed by atoms with E-state index in [4.69, 9.17) is 5.73 Å². The molecule has 22 nitrogen and oxygen atoms in total.